The van der Waals surface area contributed by atoms with E-state index in [-0.39, 0.29) is 11.9 Å². The molecule has 0 radical (unpaired) electrons. The molecule has 1 heterocycles. The van der Waals surface area contributed by atoms with Gasteiger partial charge in [-0.15, -0.1) is 0 Å². The summed E-state index contributed by atoms with van der Waals surface area (Å²) in [5.74, 6) is 0.477. The van der Waals surface area contributed by atoms with E-state index in [1.165, 1.54) is 12.8 Å². The molecule has 1 saturated carbocycles. The van der Waals surface area contributed by atoms with E-state index in [0.29, 0.717) is 19.1 Å². The Morgan fingerprint density at radius 2 is 2.18 bits per heavy atom. The van der Waals surface area contributed by atoms with Crippen LogP contribution in [0, 0.1) is 5.92 Å². The Bertz CT molecular complexity index is 275. The van der Waals surface area contributed by atoms with Gasteiger partial charge >= 0.3 is 0 Å². The highest BCUT2D eigenvalue weighted by atomic mass is 16.5. The average Bonchev–Trinajstić information content (AvgIpc) is 2.76. The molecule has 1 aliphatic heterocycles. The minimum atomic E-state index is -0.598. The van der Waals surface area contributed by atoms with Crippen LogP contribution in [-0.2, 0) is 9.53 Å². The number of ether oxygens (including phenoxy) is 1. The first-order chi connectivity index (χ1) is 8.12. The molecular formula is C13H24N2O2. The molecule has 2 aliphatic rings. The van der Waals surface area contributed by atoms with Crippen molar-refractivity contribution < 1.29 is 9.53 Å². The first kappa shape index (κ1) is 12.8. The van der Waals surface area contributed by atoms with Gasteiger partial charge in [-0.25, -0.2) is 0 Å². The summed E-state index contributed by atoms with van der Waals surface area (Å²) in [6, 6.07) is 0.251. The van der Waals surface area contributed by atoms with Crippen LogP contribution < -0.4 is 11.1 Å². The molecule has 3 atom stereocenters. The Labute approximate surface area is 103 Å². The summed E-state index contributed by atoms with van der Waals surface area (Å²) in [7, 11) is 0. The van der Waals surface area contributed by atoms with Gasteiger partial charge < -0.3 is 15.8 Å². The fraction of sp³-hybridized carbons (Fsp3) is 0.923. The van der Waals surface area contributed by atoms with Crippen molar-refractivity contribution in [2.24, 2.45) is 11.7 Å². The van der Waals surface area contributed by atoms with Crippen LogP contribution >= 0.6 is 0 Å². The normalized spacial score (nSPS) is 38.0. The Kier molecular flexibility index (Phi) is 4.05. The van der Waals surface area contributed by atoms with Crippen LogP contribution in [0.3, 0.4) is 0 Å². The number of amides is 1. The summed E-state index contributed by atoms with van der Waals surface area (Å²) < 4.78 is 5.53. The smallest absolute Gasteiger partial charge is 0.251 e. The lowest BCUT2D eigenvalue weighted by Crippen LogP contribution is -2.48. The van der Waals surface area contributed by atoms with Crippen molar-refractivity contribution in [1.29, 1.82) is 0 Å². The second-order valence-electron chi connectivity index (χ2n) is 5.60. The predicted molar refractivity (Wildman–Crippen MR) is 66.5 cm³/mol. The molecule has 2 rings (SSSR count). The molecule has 1 amide bonds. The SMILES string of the molecule is CC1(C(=O)NCC2CCCCC2N)CCCO1. The van der Waals surface area contributed by atoms with Crippen molar-refractivity contribution >= 4 is 5.91 Å². The average molecular weight is 240 g/mol. The van der Waals surface area contributed by atoms with Crippen LogP contribution in [0.1, 0.15) is 45.4 Å². The first-order valence-electron chi connectivity index (χ1n) is 6.80. The minimum Gasteiger partial charge on any atom is -0.365 e. The predicted octanol–water partition coefficient (Wildman–Crippen LogP) is 1.19. The van der Waals surface area contributed by atoms with Crippen LogP contribution in [0.4, 0.5) is 0 Å². The van der Waals surface area contributed by atoms with Crippen molar-refractivity contribution in [3.8, 4) is 0 Å². The van der Waals surface area contributed by atoms with E-state index >= 15 is 0 Å². The van der Waals surface area contributed by atoms with Crippen LogP contribution in [-0.4, -0.2) is 30.7 Å². The van der Waals surface area contributed by atoms with Gasteiger partial charge in [0.2, 0.25) is 0 Å². The Morgan fingerprint density at radius 1 is 1.41 bits per heavy atom. The third kappa shape index (κ3) is 2.99. The van der Waals surface area contributed by atoms with Crippen LogP contribution in [0.2, 0.25) is 0 Å². The number of carbonyl (C=O) groups excluding carboxylic acids is 1. The monoisotopic (exact) mass is 240 g/mol. The molecule has 0 spiro atoms. The summed E-state index contributed by atoms with van der Waals surface area (Å²) >= 11 is 0. The van der Waals surface area contributed by atoms with Crippen LogP contribution in [0.15, 0.2) is 0 Å². The summed E-state index contributed by atoms with van der Waals surface area (Å²) in [6.45, 7) is 3.29. The standard InChI is InChI=1S/C13H24N2O2/c1-13(7-4-8-17-13)12(16)15-9-10-5-2-3-6-11(10)14/h10-11H,2-9,14H2,1H3,(H,15,16). The van der Waals surface area contributed by atoms with Crippen molar-refractivity contribution in [1.82, 2.24) is 5.32 Å². The topological polar surface area (TPSA) is 64.4 Å². The number of hydrogen-bond donors (Lipinski definition) is 2. The molecule has 4 heteroatoms. The van der Waals surface area contributed by atoms with Gasteiger partial charge in [-0.2, -0.15) is 0 Å². The van der Waals surface area contributed by atoms with Crippen LogP contribution in [0.25, 0.3) is 0 Å². The van der Waals surface area contributed by atoms with Gasteiger partial charge in [0.05, 0.1) is 0 Å². The van der Waals surface area contributed by atoms with Gasteiger partial charge in [0, 0.05) is 19.2 Å². The first-order valence-corrected chi connectivity index (χ1v) is 6.80. The maximum absolute atomic E-state index is 12.0. The van der Waals surface area contributed by atoms with Gasteiger partial charge in [-0.1, -0.05) is 12.8 Å². The molecule has 0 bridgehead atoms. The third-order valence-electron chi connectivity index (χ3n) is 4.19. The van der Waals surface area contributed by atoms with Gasteiger partial charge in [-0.05, 0) is 38.5 Å². The number of nitrogens with two attached hydrogens (primary N) is 1. The fourth-order valence-electron chi connectivity index (χ4n) is 2.86. The largest absolute Gasteiger partial charge is 0.365 e. The number of carbonyl (C=O) groups is 1. The number of hydrogen-bond acceptors (Lipinski definition) is 3. The van der Waals surface area contributed by atoms with E-state index in [1.54, 1.807) is 0 Å². The summed E-state index contributed by atoms with van der Waals surface area (Å²) in [4.78, 5) is 12.0. The molecule has 1 saturated heterocycles. The quantitative estimate of drug-likeness (QED) is 0.779. The Morgan fingerprint density at radius 3 is 2.82 bits per heavy atom. The van der Waals surface area contributed by atoms with E-state index < -0.39 is 5.60 Å². The number of nitrogens with one attached hydrogen (secondary N) is 1. The lowest BCUT2D eigenvalue weighted by molar-refractivity contribution is -0.139. The molecular weight excluding hydrogens is 216 g/mol. The van der Waals surface area contributed by atoms with Gasteiger partial charge in [0.25, 0.3) is 5.91 Å². The Hall–Kier alpha value is -0.610. The van der Waals surface area contributed by atoms with Crippen LogP contribution in [0.5, 0.6) is 0 Å². The highest BCUT2D eigenvalue weighted by Gasteiger charge is 2.38. The molecule has 0 aromatic rings. The molecule has 0 aromatic carbocycles. The van der Waals surface area contributed by atoms with E-state index in [1.807, 2.05) is 6.92 Å². The molecule has 0 aromatic heterocycles. The van der Waals surface area contributed by atoms with E-state index in [4.69, 9.17) is 10.5 Å². The second-order valence-corrected chi connectivity index (χ2v) is 5.60. The second kappa shape index (κ2) is 5.36. The maximum Gasteiger partial charge on any atom is 0.251 e. The zero-order valence-corrected chi connectivity index (χ0v) is 10.7. The highest BCUT2D eigenvalue weighted by Crippen LogP contribution is 2.26. The third-order valence-corrected chi connectivity index (χ3v) is 4.19. The van der Waals surface area contributed by atoms with E-state index in [0.717, 1.165) is 25.7 Å². The summed E-state index contributed by atoms with van der Waals surface area (Å²) in [6.07, 6.45) is 6.50. The maximum atomic E-state index is 12.0. The lowest BCUT2D eigenvalue weighted by Gasteiger charge is -2.30. The molecule has 4 nitrogen and oxygen atoms in total. The zero-order chi connectivity index (χ0) is 12.3. The van der Waals surface area contributed by atoms with E-state index in [9.17, 15) is 4.79 Å². The molecule has 3 unspecified atom stereocenters. The summed E-state index contributed by atoms with van der Waals surface area (Å²) in [5.41, 5.74) is 5.47. The molecule has 98 valence electrons. The number of rotatable bonds is 3. The van der Waals surface area contributed by atoms with Gasteiger partial charge in [0.1, 0.15) is 5.60 Å². The van der Waals surface area contributed by atoms with Crippen molar-refractivity contribution in [3.63, 3.8) is 0 Å². The zero-order valence-electron chi connectivity index (χ0n) is 10.7. The fourth-order valence-corrected chi connectivity index (χ4v) is 2.86. The van der Waals surface area contributed by atoms with Gasteiger partial charge in [0.15, 0.2) is 0 Å². The van der Waals surface area contributed by atoms with Gasteiger partial charge in [-0.3, -0.25) is 4.79 Å². The lowest BCUT2D eigenvalue weighted by atomic mass is 9.85. The summed E-state index contributed by atoms with van der Waals surface area (Å²) in [5, 5.41) is 3.02. The molecule has 2 fully saturated rings. The minimum absolute atomic E-state index is 0.0350. The van der Waals surface area contributed by atoms with Crippen molar-refractivity contribution in [3.05, 3.63) is 0 Å². The Balaban J connectivity index is 1.79. The van der Waals surface area contributed by atoms with Crippen molar-refractivity contribution in [2.75, 3.05) is 13.2 Å². The molecule has 3 N–H and O–H groups in total. The van der Waals surface area contributed by atoms with Crippen molar-refractivity contribution in [2.45, 2.75) is 57.1 Å². The van der Waals surface area contributed by atoms with E-state index in [2.05, 4.69) is 5.32 Å². The molecule has 1 aliphatic carbocycles. The highest BCUT2D eigenvalue weighted by molar-refractivity contribution is 5.85. The molecule has 17 heavy (non-hydrogen) atoms.